The van der Waals surface area contributed by atoms with E-state index in [1.807, 2.05) is 6.92 Å². The van der Waals surface area contributed by atoms with E-state index in [9.17, 15) is 4.79 Å². The highest BCUT2D eigenvalue weighted by Gasteiger charge is 2.25. The van der Waals surface area contributed by atoms with E-state index in [0.29, 0.717) is 25.7 Å². The number of nitrogens with zero attached hydrogens (tertiary/aromatic N) is 4. The summed E-state index contributed by atoms with van der Waals surface area (Å²) in [4.78, 5) is 23.9. The molecule has 0 unspecified atom stereocenters. The van der Waals surface area contributed by atoms with E-state index in [2.05, 4.69) is 27.3 Å². The number of carbonyl (C=O) groups excluding carboxylic acids is 1. The van der Waals surface area contributed by atoms with E-state index in [-0.39, 0.29) is 11.7 Å². The highest BCUT2D eigenvalue weighted by molar-refractivity contribution is 7.19. The number of fused-ring (bicyclic) bond motifs is 5. The van der Waals surface area contributed by atoms with E-state index >= 15 is 0 Å². The molecule has 1 N–H and O–H groups in total. The Morgan fingerprint density at radius 2 is 2.38 bits per heavy atom. The predicted molar refractivity (Wildman–Crippen MR) is 101 cm³/mol. The molecule has 0 aliphatic heterocycles. The molecule has 4 rings (SSSR count). The summed E-state index contributed by atoms with van der Waals surface area (Å²) in [6.07, 6.45) is 5.94. The van der Waals surface area contributed by atoms with Crippen molar-refractivity contribution in [1.29, 1.82) is 0 Å². The molecule has 0 radical (unpaired) electrons. The average Bonchev–Trinajstić information content (AvgIpc) is 3.22. The molecule has 8 heteroatoms. The van der Waals surface area contributed by atoms with Crippen LogP contribution in [0, 0.1) is 0 Å². The lowest BCUT2D eigenvalue weighted by Gasteiger charge is -2.18. The maximum absolute atomic E-state index is 12.4. The normalized spacial score (nSPS) is 16.9. The molecular formula is C18H23N5O2S. The van der Waals surface area contributed by atoms with E-state index < -0.39 is 0 Å². The highest BCUT2D eigenvalue weighted by atomic mass is 32.1. The van der Waals surface area contributed by atoms with Crippen LogP contribution in [-0.4, -0.2) is 45.2 Å². The molecule has 0 saturated carbocycles. The first kappa shape index (κ1) is 17.4. The van der Waals surface area contributed by atoms with Crippen molar-refractivity contribution in [3.63, 3.8) is 0 Å². The fourth-order valence-electron chi connectivity index (χ4n) is 3.58. The molecule has 1 amide bonds. The van der Waals surface area contributed by atoms with Crippen LogP contribution in [-0.2, 0) is 11.2 Å². The summed E-state index contributed by atoms with van der Waals surface area (Å²) >= 11 is 1.75. The van der Waals surface area contributed by atoms with E-state index in [0.717, 1.165) is 28.7 Å². The van der Waals surface area contributed by atoms with Crippen molar-refractivity contribution in [3.05, 3.63) is 22.6 Å². The summed E-state index contributed by atoms with van der Waals surface area (Å²) in [5.41, 5.74) is 2.09. The number of amides is 1. The van der Waals surface area contributed by atoms with Crippen LogP contribution in [0.25, 0.3) is 15.9 Å². The van der Waals surface area contributed by atoms with Crippen LogP contribution in [0.2, 0.25) is 0 Å². The van der Waals surface area contributed by atoms with Gasteiger partial charge in [0.2, 0.25) is 5.82 Å². The minimum absolute atomic E-state index is 0.194. The van der Waals surface area contributed by atoms with Gasteiger partial charge in [0, 0.05) is 24.6 Å². The first-order valence-corrected chi connectivity index (χ1v) is 10.0. The van der Waals surface area contributed by atoms with Gasteiger partial charge in [-0.2, -0.15) is 0 Å². The summed E-state index contributed by atoms with van der Waals surface area (Å²) in [7, 11) is 0. The third-order valence-electron chi connectivity index (χ3n) is 4.83. The summed E-state index contributed by atoms with van der Waals surface area (Å²) in [5, 5.41) is 8.26. The fraction of sp³-hybridized carbons (Fsp3) is 0.556. The van der Waals surface area contributed by atoms with Crippen LogP contribution in [0.4, 0.5) is 0 Å². The molecule has 0 saturated heterocycles. The Hall–Kier alpha value is -2.06. The van der Waals surface area contributed by atoms with Crippen LogP contribution >= 0.6 is 11.3 Å². The number of aromatic nitrogens is 4. The van der Waals surface area contributed by atoms with Gasteiger partial charge in [0.25, 0.3) is 5.91 Å². The minimum atomic E-state index is -0.254. The van der Waals surface area contributed by atoms with Gasteiger partial charge < -0.3 is 10.1 Å². The van der Waals surface area contributed by atoms with Gasteiger partial charge in [-0.15, -0.1) is 16.4 Å². The highest BCUT2D eigenvalue weighted by Crippen LogP contribution is 2.42. The van der Waals surface area contributed by atoms with Crippen LogP contribution in [0.15, 0.2) is 6.33 Å². The zero-order chi connectivity index (χ0) is 18.1. The smallest absolute Gasteiger partial charge is 0.290 e. The molecule has 1 aliphatic carbocycles. The summed E-state index contributed by atoms with van der Waals surface area (Å²) in [5.74, 6) is 0.433. The standard InChI is InChI=1S/C18H23N5O2S/c1-3-25-9-5-8-19-17(24)15-21-16-14-13-11(2)6-4-7-12(13)26-18(14)20-10-23(16)22-15/h10-11H,3-9H2,1-2H3,(H,19,24)/t11-/m1/s1. The van der Waals surface area contributed by atoms with Crippen molar-refractivity contribution in [2.75, 3.05) is 19.8 Å². The van der Waals surface area contributed by atoms with Gasteiger partial charge in [-0.1, -0.05) is 6.92 Å². The van der Waals surface area contributed by atoms with Crippen molar-refractivity contribution < 1.29 is 9.53 Å². The lowest BCUT2D eigenvalue weighted by molar-refractivity contribution is 0.0934. The topological polar surface area (TPSA) is 81.4 Å². The molecule has 1 atom stereocenters. The molecule has 0 bridgehead atoms. The second-order valence-corrected chi connectivity index (χ2v) is 7.75. The number of hydrogen-bond donors (Lipinski definition) is 1. The summed E-state index contributed by atoms with van der Waals surface area (Å²) < 4.78 is 6.91. The lowest BCUT2D eigenvalue weighted by atomic mass is 9.87. The number of nitrogens with one attached hydrogen (secondary N) is 1. The third kappa shape index (κ3) is 3.07. The van der Waals surface area contributed by atoms with Gasteiger partial charge >= 0.3 is 0 Å². The molecule has 7 nitrogen and oxygen atoms in total. The first-order valence-electron chi connectivity index (χ1n) is 9.21. The Kier molecular flexibility index (Phi) is 4.86. The average molecular weight is 373 g/mol. The molecule has 1 aliphatic rings. The Balaban J connectivity index is 1.63. The van der Waals surface area contributed by atoms with Gasteiger partial charge in [-0.3, -0.25) is 4.79 Å². The SMILES string of the molecule is CCOCCCNC(=O)c1nc2c3c4c(sc3ncn2n1)CCC[C@H]4C. The molecule has 3 aromatic heterocycles. The number of rotatable bonds is 6. The zero-order valence-electron chi connectivity index (χ0n) is 15.1. The van der Waals surface area contributed by atoms with Gasteiger partial charge in [-0.25, -0.2) is 14.5 Å². The Labute approximate surface area is 155 Å². The zero-order valence-corrected chi connectivity index (χ0v) is 15.9. The van der Waals surface area contributed by atoms with Crippen LogP contribution < -0.4 is 5.32 Å². The van der Waals surface area contributed by atoms with Gasteiger partial charge in [0.05, 0.1) is 5.39 Å². The summed E-state index contributed by atoms with van der Waals surface area (Å²) in [6, 6.07) is 0. The van der Waals surface area contributed by atoms with Crippen molar-refractivity contribution in [2.45, 2.75) is 45.4 Å². The van der Waals surface area contributed by atoms with Gasteiger partial charge in [0.1, 0.15) is 11.2 Å². The van der Waals surface area contributed by atoms with Gasteiger partial charge in [-0.05, 0) is 44.1 Å². The number of ether oxygens (including phenoxy) is 1. The van der Waals surface area contributed by atoms with E-state index in [1.165, 1.54) is 23.3 Å². The van der Waals surface area contributed by atoms with Crippen LogP contribution in [0.3, 0.4) is 0 Å². The molecule has 26 heavy (non-hydrogen) atoms. The Bertz CT molecular complexity index is 948. The van der Waals surface area contributed by atoms with Crippen molar-refractivity contribution >= 4 is 33.1 Å². The molecule has 138 valence electrons. The quantitative estimate of drug-likeness (QED) is 0.672. The largest absolute Gasteiger partial charge is 0.382 e. The molecule has 0 fully saturated rings. The third-order valence-corrected chi connectivity index (χ3v) is 6.01. The minimum Gasteiger partial charge on any atom is -0.382 e. The van der Waals surface area contributed by atoms with Gasteiger partial charge in [0.15, 0.2) is 5.65 Å². The maximum Gasteiger partial charge on any atom is 0.290 e. The molecule has 3 aromatic rings. The van der Waals surface area contributed by atoms with Crippen molar-refractivity contribution in [3.8, 4) is 0 Å². The predicted octanol–water partition coefficient (Wildman–Crippen LogP) is 2.94. The monoisotopic (exact) mass is 373 g/mol. The van der Waals surface area contributed by atoms with Crippen molar-refractivity contribution in [1.82, 2.24) is 24.9 Å². The number of thiophene rings is 1. The van der Waals surface area contributed by atoms with E-state index in [4.69, 9.17) is 4.74 Å². The fourth-order valence-corrected chi connectivity index (χ4v) is 4.88. The second-order valence-electron chi connectivity index (χ2n) is 6.67. The molecule has 0 spiro atoms. The number of aryl methyl sites for hydroxylation is 1. The summed E-state index contributed by atoms with van der Waals surface area (Å²) in [6.45, 7) is 6.09. The first-order chi connectivity index (χ1) is 12.7. The second kappa shape index (κ2) is 7.28. The Morgan fingerprint density at radius 3 is 3.23 bits per heavy atom. The van der Waals surface area contributed by atoms with Crippen molar-refractivity contribution in [2.24, 2.45) is 0 Å². The van der Waals surface area contributed by atoms with Crippen LogP contribution in [0.5, 0.6) is 0 Å². The molecule has 0 aromatic carbocycles. The molecule has 3 heterocycles. The van der Waals surface area contributed by atoms with E-state index in [1.54, 1.807) is 22.2 Å². The Morgan fingerprint density at radius 1 is 1.50 bits per heavy atom. The number of hydrogen-bond acceptors (Lipinski definition) is 6. The maximum atomic E-state index is 12.4. The molecular weight excluding hydrogens is 350 g/mol. The van der Waals surface area contributed by atoms with Crippen LogP contribution in [0.1, 0.15) is 60.1 Å². The lowest BCUT2D eigenvalue weighted by Crippen LogP contribution is -2.26. The number of carbonyl (C=O) groups is 1.